The van der Waals surface area contributed by atoms with Crippen LogP contribution in [0.25, 0.3) is 0 Å². The largest absolute Gasteiger partial charge is 0.506 e. The van der Waals surface area contributed by atoms with Gasteiger partial charge in [-0.2, -0.15) is 0 Å². The molecule has 0 amide bonds. The van der Waals surface area contributed by atoms with E-state index in [-0.39, 0.29) is 10.6 Å². The summed E-state index contributed by atoms with van der Waals surface area (Å²) in [5.41, 5.74) is 5.02. The molecular formula is C9H9ClFNO3. The zero-order valence-electron chi connectivity index (χ0n) is 7.83. The summed E-state index contributed by atoms with van der Waals surface area (Å²) >= 11 is 5.55. The number of aromatic hydroxyl groups is 1. The van der Waals surface area contributed by atoms with Crippen molar-refractivity contribution in [3.63, 3.8) is 0 Å². The van der Waals surface area contributed by atoms with E-state index >= 15 is 0 Å². The fourth-order valence-corrected chi connectivity index (χ4v) is 1.26. The second kappa shape index (κ2) is 4.46. The van der Waals surface area contributed by atoms with Gasteiger partial charge >= 0.3 is 5.97 Å². The molecule has 0 unspecified atom stereocenters. The SMILES string of the molecule is COC(=O)[C@@H](N)c1c(F)ccc(Cl)c1O. The van der Waals surface area contributed by atoms with Gasteiger partial charge in [-0.15, -0.1) is 0 Å². The van der Waals surface area contributed by atoms with Crippen molar-refractivity contribution >= 4 is 17.6 Å². The molecule has 4 nitrogen and oxygen atoms in total. The van der Waals surface area contributed by atoms with Gasteiger partial charge in [-0.25, -0.2) is 4.39 Å². The molecule has 3 N–H and O–H groups in total. The van der Waals surface area contributed by atoms with Gasteiger partial charge in [-0.3, -0.25) is 4.79 Å². The highest BCUT2D eigenvalue weighted by Crippen LogP contribution is 2.33. The summed E-state index contributed by atoms with van der Waals surface area (Å²) < 4.78 is 17.6. The summed E-state index contributed by atoms with van der Waals surface area (Å²) in [7, 11) is 1.11. The van der Waals surface area contributed by atoms with Crippen molar-refractivity contribution in [1.29, 1.82) is 0 Å². The number of phenolic OH excluding ortho intramolecular Hbond substituents is 1. The lowest BCUT2D eigenvalue weighted by atomic mass is 10.1. The Balaban J connectivity index is 3.24. The summed E-state index contributed by atoms with van der Waals surface area (Å²) in [5.74, 6) is -2.21. The van der Waals surface area contributed by atoms with Crippen LogP contribution in [0, 0.1) is 5.82 Å². The van der Waals surface area contributed by atoms with Gasteiger partial charge < -0.3 is 15.6 Å². The number of hydrogen-bond acceptors (Lipinski definition) is 4. The van der Waals surface area contributed by atoms with Gasteiger partial charge in [0.1, 0.15) is 17.6 Å². The average molecular weight is 234 g/mol. The third-order valence-corrected chi connectivity index (χ3v) is 2.19. The van der Waals surface area contributed by atoms with Gasteiger partial charge in [0.05, 0.1) is 17.7 Å². The van der Waals surface area contributed by atoms with Crippen LogP contribution in [0.5, 0.6) is 5.75 Å². The minimum atomic E-state index is -1.39. The van der Waals surface area contributed by atoms with Crippen molar-refractivity contribution in [2.75, 3.05) is 7.11 Å². The molecule has 0 aromatic heterocycles. The number of methoxy groups -OCH3 is 1. The normalized spacial score (nSPS) is 12.3. The third-order valence-electron chi connectivity index (χ3n) is 1.88. The molecule has 15 heavy (non-hydrogen) atoms. The molecule has 1 aromatic rings. The van der Waals surface area contributed by atoms with Crippen molar-refractivity contribution in [3.05, 3.63) is 28.5 Å². The van der Waals surface area contributed by atoms with Crippen LogP contribution in [0.3, 0.4) is 0 Å². The minimum absolute atomic E-state index is 0.0780. The molecule has 0 aliphatic heterocycles. The topological polar surface area (TPSA) is 72.5 Å². The Morgan fingerprint density at radius 1 is 1.67 bits per heavy atom. The molecule has 0 saturated carbocycles. The smallest absolute Gasteiger partial charge is 0.327 e. The Labute approximate surface area is 90.4 Å². The predicted octanol–water partition coefficient (Wildman–Crippen LogP) is 1.36. The van der Waals surface area contributed by atoms with E-state index in [0.717, 1.165) is 13.2 Å². The molecule has 0 bridgehead atoms. The molecule has 6 heteroatoms. The van der Waals surface area contributed by atoms with Crippen LogP contribution in [0.1, 0.15) is 11.6 Å². The quantitative estimate of drug-likeness (QED) is 0.757. The number of hydrogen-bond donors (Lipinski definition) is 2. The highest BCUT2D eigenvalue weighted by atomic mass is 35.5. The summed E-state index contributed by atoms with van der Waals surface area (Å²) in [5, 5.41) is 9.36. The number of ether oxygens (including phenoxy) is 1. The van der Waals surface area contributed by atoms with Gasteiger partial charge in [-0.05, 0) is 12.1 Å². The first kappa shape index (κ1) is 11.7. The highest BCUT2D eigenvalue weighted by Gasteiger charge is 2.24. The number of phenols is 1. The van der Waals surface area contributed by atoms with Crippen LogP contribution in [0.15, 0.2) is 12.1 Å². The number of nitrogens with two attached hydrogens (primary N) is 1. The van der Waals surface area contributed by atoms with E-state index in [1.54, 1.807) is 0 Å². The van der Waals surface area contributed by atoms with E-state index in [1.165, 1.54) is 6.07 Å². The molecule has 0 saturated heterocycles. The molecule has 0 radical (unpaired) electrons. The van der Waals surface area contributed by atoms with E-state index in [0.29, 0.717) is 0 Å². The van der Waals surface area contributed by atoms with E-state index < -0.39 is 23.6 Å². The summed E-state index contributed by atoms with van der Waals surface area (Å²) in [6.45, 7) is 0. The van der Waals surface area contributed by atoms with Crippen molar-refractivity contribution in [2.45, 2.75) is 6.04 Å². The van der Waals surface area contributed by atoms with Gasteiger partial charge in [0.15, 0.2) is 0 Å². The van der Waals surface area contributed by atoms with Gasteiger partial charge in [0, 0.05) is 0 Å². The van der Waals surface area contributed by atoms with Gasteiger partial charge in [-0.1, -0.05) is 11.6 Å². The summed E-state index contributed by atoms with van der Waals surface area (Å²) in [6, 6.07) is 0.786. The molecule has 0 heterocycles. The molecular weight excluding hydrogens is 225 g/mol. The van der Waals surface area contributed by atoms with Crippen LogP contribution in [-0.2, 0) is 9.53 Å². The molecule has 82 valence electrons. The molecule has 1 aromatic carbocycles. The zero-order valence-corrected chi connectivity index (χ0v) is 8.58. The number of rotatable bonds is 2. The van der Waals surface area contributed by atoms with Crippen molar-refractivity contribution in [3.8, 4) is 5.75 Å². The van der Waals surface area contributed by atoms with Crippen LogP contribution >= 0.6 is 11.6 Å². The monoisotopic (exact) mass is 233 g/mol. The fraction of sp³-hybridized carbons (Fsp3) is 0.222. The zero-order chi connectivity index (χ0) is 11.6. The number of carbonyl (C=O) groups excluding carboxylic acids is 1. The Bertz CT molecular complexity index is 397. The van der Waals surface area contributed by atoms with E-state index in [2.05, 4.69) is 4.74 Å². The maximum atomic E-state index is 13.3. The lowest BCUT2D eigenvalue weighted by molar-refractivity contribution is -0.142. The van der Waals surface area contributed by atoms with Crippen LogP contribution in [0.2, 0.25) is 5.02 Å². The van der Waals surface area contributed by atoms with Gasteiger partial charge in [0.2, 0.25) is 0 Å². The first-order valence-corrected chi connectivity index (χ1v) is 4.37. The Morgan fingerprint density at radius 2 is 2.27 bits per heavy atom. The second-order valence-electron chi connectivity index (χ2n) is 2.79. The molecule has 1 atom stereocenters. The standard InChI is InChI=1S/C9H9ClFNO3/c1-15-9(14)7(12)6-5(11)3-2-4(10)8(6)13/h2-3,7,13H,12H2,1H3/t7-/m0/s1. The number of benzene rings is 1. The number of halogens is 2. The molecule has 1 rings (SSSR count). The lowest BCUT2D eigenvalue weighted by Crippen LogP contribution is -2.23. The van der Waals surface area contributed by atoms with E-state index in [9.17, 15) is 14.3 Å². The predicted molar refractivity (Wildman–Crippen MR) is 52.0 cm³/mol. The van der Waals surface area contributed by atoms with Gasteiger partial charge in [0.25, 0.3) is 0 Å². The highest BCUT2D eigenvalue weighted by molar-refractivity contribution is 6.32. The molecule has 0 aliphatic rings. The fourth-order valence-electron chi connectivity index (χ4n) is 1.10. The maximum Gasteiger partial charge on any atom is 0.327 e. The van der Waals surface area contributed by atoms with Crippen molar-refractivity contribution < 1.29 is 19.0 Å². The van der Waals surface area contributed by atoms with Crippen LogP contribution < -0.4 is 5.73 Å². The molecule has 0 aliphatic carbocycles. The van der Waals surface area contributed by atoms with Crippen molar-refractivity contribution in [1.82, 2.24) is 0 Å². The van der Waals surface area contributed by atoms with E-state index in [4.69, 9.17) is 17.3 Å². The van der Waals surface area contributed by atoms with E-state index in [1.807, 2.05) is 0 Å². The maximum absolute atomic E-state index is 13.3. The first-order chi connectivity index (χ1) is 6.99. The lowest BCUT2D eigenvalue weighted by Gasteiger charge is -2.12. The average Bonchev–Trinajstić information content (AvgIpc) is 2.22. The first-order valence-electron chi connectivity index (χ1n) is 3.99. The van der Waals surface area contributed by atoms with Crippen LogP contribution in [0.4, 0.5) is 4.39 Å². The Morgan fingerprint density at radius 3 is 2.80 bits per heavy atom. The third kappa shape index (κ3) is 2.19. The van der Waals surface area contributed by atoms with Crippen molar-refractivity contribution in [2.24, 2.45) is 5.73 Å². The summed E-state index contributed by atoms with van der Waals surface area (Å²) in [6.07, 6.45) is 0. The number of carbonyl (C=O) groups is 1. The van der Waals surface area contributed by atoms with Crippen LogP contribution in [-0.4, -0.2) is 18.2 Å². The molecule has 0 spiro atoms. The Hall–Kier alpha value is -1.33. The Kier molecular flexibility index (Phi) is 3.49. The second-order valence-corrected chi connectivity index (χ2v) is 3.20. The number of esters is 1. The summed E-state index contributed by atoms with van der Waals surface area (Å²) in [4.78, 5) is 11.1. The minimum Gasteiger partial charge on any atom is -0.506 e. The molecule has 0 fully saturated rings.